The highest BCUT2D eigenvalue weighted by molar-refractivity contribution is 5.97. The first-order valence-electron chi connectivity index (χ1n) is 10.4. The van der Waals surface area contributed by atoms with Crippen molar-refractivity contribution in [1.82, 2.24) is 0 Å². The largest absolute Gasteiger partial charge is 0.493 e. The van der Waals surface area contributed by atoms with Gasteiger partial charge in [0.2, 0.25) is 0 Å². The van der Waals surface area contributed by atoms with Gasteiger partial charge in [-0.3, -0.25) is 4.79 Å². The summed E-state index contributed by atoms with van der Waals surface area (Å²) in [5, 5.41) is 3.07. The van der Waals surface area contributed by atoms with Gasteiger partial charge in [0.15, 0.2) is 0 Å². The maximum Gasteiger partial charge on any atom is 0.256 e. The van der Waals surface area contributed by atoms with Gasteiger partial charge in [0, 0.05) is 12.3 Å². The van der Waals surface area contributed by atoms with E-state index in [-0.39, 0.29) is 5.91 Å². The van der Waals surface area contributed by atoms with Crippen molar-refractivity contribution in [2.75, 3.05) is 18.5 Å². The summed E-state index contributed by atoms with van der Waals surface area (Å²) in [5.74, 6) is 1.32. The van der Waals surface area contributed by atoms with Crippen LogP contribution < -0.4 is 10.1 Å². The topological polar surface area (TPSA) is 47.6 Å². The molecule has 27 heavy (non-hydrogen) atoms. The van der Waals surface area contributed by atoms with Crippen LogP contribution in [-0.2, 0) is 9.53 Å². The SMILES string of the molecule is CCCCC[C@](C)(OCCC)C(=O)Nc1cc(C)c(OCC(C)C)c(C)c1. The fourth-order valence-corrected chi connectivity index (χ4v) is 3.05. The molecule has 0 aliphatic carbocycles. The second-order valence-corrected chi connectivity index (χ2v) is 8.13. The van der Waals surface area contributed by atoms with E-state index in [1.807, 2.05) is 32.9 Å². The molecular formula is C23H39NO3. The molecule has 1 N–H and O–H groups in total. The van der Waals surface area contributed by atoms with Crippen molar-refractivity contribution in [3.8, 4) is 5.75 Å². The smallest absolute Gasteiger partial charge is 0.256 e. The number of amides is 1. The lowest BCUT2D eigenvalue weighted by Gasteiger charge is -2.29. The molecule has 0 radical (unpaired) electrons. The first-order chi connectivity index (χ1) is 12.7. The Morgan fingerprint density at radius 3 is 2.26 bits per heavy atom. The predicted molar refractivity (Wildman–Crippen MR) is 114 cm³/mol. The Hall–Kier alpha value is -1.55. The first kappa shape index (κ1) is 23.5. The van der Waals surface area contributed by atoms with Crippen LogP contribution in [-0.4, -0.2) is 24.7 Å². The maximum atomic E-state index is 13.0. The van der Waals surface area contributed by atoms with Crippen LogP contribution in [0.1, 0.15) is 77.8 Å². The van der Waals surface area contributed by atoms with E-state index in [1.54, 1.807) is 0 Å². The van der Waals surface area contributed by atoms with Gasteiger partial charge >= 0.3 is 0 Å². The van der Waals surface area contributed by atoms with Crippen LogP contribution in [0, 0.1) is 19.8 Å². The van der Waals surface area contributed by atoms with Crippen LogP contribution in [0.25, 0.3) is 0 Å². The Bertz CT molecular complexity index is 574. The second kappa shape index (κ2) is 11.3. The molecule has 1 aromatic carbocycles. The Morgan fingerprint density at radius 1 is 1.11 bits per heavy atom. The molecule has 0 bridgehead atoms. The molecule has 1 atom stereocenters. The summed E-state index contributed by atoms with van der Waals surface area (Å²) in [4.78, 5) is 13.0. The molecule has 0 spiro atoms. The molecule has 0 heterocycles. The standard InChI is InChI=1S/C23H39NO3/c1-8-10-11-12-23(7,27-13-9-2)22(25)24-20-14-18(5)21(19(6)15-20)26-16-17(3)4/h14-15,17H,8-13,16H2,1-7H3,(H,24,25)/t23-/m0/s1. The van der Waals surface area contributed by atoms with Gasteiger partial charge in [-0.1, -0.05) is 47.0 Å². The van der Waals surface area contributed by atoms with Crippen molar-refractivity contribution in [1.29, 1.82) is 0 Å². The number of hydrogen-bond donors (Lipinski definition) is 1. The molecule has 154 valence electrons. The third kappa shape index (κ3) is 7.53. The fraction of sp³-hybridized carbons (Fsp3) is 0.696. The van der Waals surface area contributed by atoms with Crippen LogP contribution in [0.3, 0.4) is 0 Å². The van der Waals surface area contributed by atoms with Crippen molar-refractivity contribution in [2.24, 2.45) is 5.92 Å². The van der Waals surface area contributed by atoms with Crippen molar-refractivity contribution in [3.63, 3.8) is 0 Å². The Balaban J connectivity index is 2.90. The molecule has 4 nitrogen and oxygen atoms in total. The van der Waals surface area contributed by atoms with Crippen LogP contribution >= 0.6 is 0 Å². The van der Waals surface area contributed by atoms with Crippen molar-refractivity contribution >= 4 is 11.6 Å². The zero-order valence-electron chi connectivity index (χ0n) is 18.4. The van der Waals surface area contributed by atoms with Gasteiger partial charge in [-0.15, -0.1) is 0 Å². The summed E-state index contributed by atoms with van der Waals surface area (Å²) < 4.78 is 11.9. The Labute approximate surface area is 166 Å². The average molecular weight is 378 g/mol. The van der Waals surface area contributed by atoms with Crippen LogP contribution in [0.2, 0.25) is 0 Å². The highest BCUT2D eigenvalue weighted by atomic mass is 16.5. The summed E-state index contributed by atoms with van der Waals surface area (Å²) in [6, 6.07) is 3.96. The minimum absolute atomic E-state index is 0.0679. The molecule has 1 amide bonds. The minimum atomic E-state index is -0.792. The normalized spacial score (nSPS) is 13.5. The number of carbonyl (C=O) groups excluding carboxylic acids is 1. The summed E-state index contributed by atoms with van der Waals surface area (Å²) in [7, 11) is 0. The van der Waals surface area contributed by atoms with E-state index in [0.29, 0.717) is 19.1 Å². The molecule has 0 saturated carbocycles. The average Bonchev–Trinajstić information content (AvgIpc) is 2.59. The lowest BCUT2D eigenvalue weighted by molar-refractivity contribution is -0.140. The van der Waals surface area contributed by atoms with E-state index in [2.05, 4.69) is 33.0 Å². The number of carbonyl (C=O) groups is 1. The third-order valence-electron chi connectivity index (χ3n) is 4.64. The number of aryl methyl sites for hydroxylation is 2. The highest BCUT2D eigenvalue weighted by Crippen LogP contribution is 2.29. The Kier molecular flexibility index (Phi) is 9.86. The van der Waals surface area contributed by atoms with Gasteiger partial charge in [0.1, 0.15) is 11.4 Å². The lowest BCUT2D eigenvalue weighted by Crippen LogP contribution is -2.43. The molecule has 0 fully saturated rings. The highest BCUT2D eigenvalue weighted by Gasteiger charge is 2.33. The molecular weight excluding hydrogens is 338 g/mol. The van der Waals surface area contributed by atoms with Crippen molar-refractivity contribution < 1.29 is 14.3 Å². The van der Waals surface area contributed by atoms with E-state index in [9.17, 15) is 4.79 Å². The molecule has 1 aromatic rings. The minimum Gasteiger partial charge on any atom is -0.493 e. The fourth-order valence-electron chi connectivity index (χ4n) is 3.05. The number of unbranched alkanes of at least 4 members (excludes halogenated alkanes) is 2. The molecule has 0 aromatic heterocycles. The number of rotatable bonds is 12. The van der Waals surface area contributed by atoms with Gasteiger partial charge in [0.25, 0.3) is 5.91 Å². The van der Waals surface area contributed by atoms with Crippen LogP contribution in [0.15, 0.2) is 12.1 Å². The van der Waals surface area contributed by atoms with Gasteiger partial charge in [-0.25, -0.2) is 0 Å². The van der Waals surface area contributed by atoms with Crippen LogP contribution in [0.5, 0.6) is 5.75 Å². The number of ether oxygens (including phenoxy) is 2. The van der Waals surface area contributed by atoms with Gasteiger partial charge < -0.3 is 14.8 Å². The first-order valence-corrected chi connectivity index (χ1v) is 10.4. The molecule has 0 unspecified atom stereocenters. The number of nitrogens with one attached hydrogen (secondary N) is 1. The van der Waals surface area contributed by atoms with Gasteiger partial charge in [-0.2, -0.15) is 0 Å². The van der Waals surface area contributed by atoms with E-state index < -0.39 is 5.60 Å². The zero-order chi connectivity index (χ0) is 20.4. The van der Waals surface area contributed by atoms with Crippen LogP contribution in [0.4, 0.5) is 5.69 Å². The van der Waals surface area contributed by atoms with E-state index in [1.165, 1.54) is 0 Å². The summed E-state index contributed by atoms with van der Waals surface area (Å²) in [6.45, 7) is 15.7. The quantitative estimate of drug-likeness (QED) is 0.452. The number of benzene rings is 1. The number of anilines is 1. The second-order valence-electron chi connectivity index (χ2n) is 8.13. The Morgan fingerprint density at radius 2 is 1.74 bits per heavy atom. The molecule has 1 rings (SSSR count). The molecule has 0 aliphatic rings. The third-order valence-corrected chi connectivity index (χ3v) is 4.64. The van der Waals surface area contributed by atoms with E-state index >= 15 is 0 Å². The molecule has 0 aliphatic heterocycles. The predicted octanol–water partition coefficient (Wildman–Crippen LogP) is 6.04. The van der Waals surface area contributed by atoms with E-state index in [0.717, 1.165) is 54.7 Å². The lowest BCUT2D eigenvalue weighted by atomic mass is 9.96. The monoisotopic (exact) mass is 377 g/mol. The molecule has 4 heteroatoms. The van der Waals surface area contributed by atoms with Crippen molar-refractivity contribution in [2.45, 2.75) is 86.2 Å². The van der Waals surface area contributed by atoms with Gasteiger partial charge in [0.05, 0.1) is 6.61 Å². The van der Waals surface area contributed by atoms with E-state index in [4.69, 9.17) is 9.47 Å². The summed E-state index contributed by atoms with van der Waals surface area (Å²) >= 11 is 0. The van der Waals surface area contributed by atoms with Crippen molar-refractivity contribution in [3.05, 3.63) is 23.3 Å². The number of hydrogen-bond acceptors (Lipinski definition) is 3. The molecule has 0 saturated heterocycles. The van der Waals surface area contributed by atoms with Gasteiger partial charge in [-0.05, 0) is 62.8 Å². The zero-order valence-corrected chi connectivity index (χ0v) is 18.4. The maximum absolute atomic E-state index is 13.0. The summed E-state index contributed by atoms with van der Waals surface area (Å²) in [5.41, 5.74) is 2.08. The summed E-state index contributed by atoms with van der Waals surface area (Å²) in [6.07, 6.45) is 4.86.